The molecule has 170 valence electrons. The molecule has 2 aromatic carbocycles. The summed E-state index contributed by atoms with van der Waals surface area (Å²) < 4.78 is 28.3. The quantitative estimate of drug-likeness (QED) is 0.693. The second kappa shape index (κ2) is 8.67. The highest BCUT2D eigenvalue weighted by Gasteiger charge is 2.40. The molecule has 8 heteroatoms. The van der Waals surface area contributed by atoms with Gasteiger partial charge in [-0.1, -0.05) is 23.8 Å². The molecular formula is C24H29N3O4S. The van der Waals surface area contributed by atoms with E-state index in [0.717, 1.165) is 18.4 Å². The Balaban J connectivity index is 1.52. The largest absolute Gasteiger partial charge is 0.326 e. The molecule has 2 amide bonds. The van der Waals surface area contributed by atoms with Crippen LogP contribution in [-0.4, -0.2) is 37.1 Å². The number of anilines is 2. The Hall–Kier alpha value is -2.71. The number of rotatable bonds is 6. The highest BCUT2D eigenvalue weighted by atomic mass is 32.2. The molecule has 0 spiro atoms. The smallest absolute Gasteiger partial charge is 0.244 e. The van der Waals surface area contributed by atoms with Gasteiger partial charge in [0.2, 0.25) is 21.8 Å². The van der Waals surface area contributed by atoms with E-state index in [1.54, 1.807) is 38.1 Å². The molecule has 7 nitrogen and oxygen atoms in total. The molecule has 0 radical (unpaired) electrons. The highest BCUT2D eigenvalue weighted by Crippen LogP contribution is 2.32. The third kappa shape index (κ3) is 4.56. The van der Waals surface area contributed by atoms with E-state index in [9.17, 15) is 18.0 Å². The van der Waals surface area contributed by atoms with Gasteiger partial charge in [0.05, 0.1) is 4.90 Å². The lowest BCUT2D eigenvalue weighted by molar-refractivity contribution is -0.119. The van der Waals surface area contributed by atoms with E-state index in [1.165, 1.54) is 4.31 Å². The molecule has 0 bridgehead atoms. The molecule has 0 aromatic heterocycles. The van der Waals surface area contributed by atoms with Crippen LogP contribution in [-0.2, 0) is 19.6 Å². The summed E-state index contributed by atoms with van der Waals surface area (Å²) in [6.45, 7) is 5.83. The minimum Gasteiger partial charge on any atom is -0.326 e. The average Bonchev–Trinajstić information content (AvgIpc) is 3.43. The maximum Gasteiger partial charge on any atom is 0.244 e. The molecule has 1 aliphatic heterocycles. The molecule has 2 N–H and O–H groups in total. The number of carbonyl (C=O) groups excluding carboxylic acids is 2. The van der Waals surface area contributed by atoms with E-state index in [2.05, 4.69) is 10.6 Å². The van der Waals surface area contributed by atoms with E-state index >= 15 is 0 Å². The molecule has 2 aliphatic rings. The Morgan fingerprint density at radius 1 is 0.906 bits per heavy atom. The maximum absolute atomic E-state index is 13.5. The van der Waals surface area contributed by atoms with Gasteiger partial charge in [0.15, 0.2) is 0 Å². The summed E-state index contributed by atoms with van der Waals surface area (Å²) in [6.07, 6.45) is 2.91. The Labute approximate surface area is 189 Å². The standard InChI is InChI=1S/C24H29N3O4S/c1-15-12-16(2)22(17(3)13-15)32(30,31)27-11-5-8-21(27)24(29)26-20-7-4-6-19(14-20)25-23(28)18-9-10-18/h4,6-7,12-14,18,21H,5,8-11H2,1-3H3,(H,25,28)(H,26,29). The van der Waals surface area contributed by atoms with E-state index in [0.29, 0.717) is 41.9 Å². The van der Waals surface area contributed by atoms with Crippen molar-refractivity contribution in [3.8, 4) is 0 Å². The van der Waals surface area contributed by atoms with Crippen molar-refractivity contribution in [2.24, 2.45) is 5.92 Å². The van der Waals surface area contributed by atoms with Gasteiger partial charge in [-0.15, -0.1) is 0 Å². The molecule has 1 saturated carbocycles. The Morgan fingerprint density at radius 3 is 2.09 bits per heavy atom. The summed E-state index contributed by atoms with van der Waals surface area (Å²) >= 11 is 0. The zero-order chi connectivity index (χ0) is 23.0. The first-order valence-electron chi connectivity index (χ1n) is 11.0. The van der Waals surface area contributed by atoms with Crippen molar-refractivity contribution in [2.45, 2.75) is 57.4 Å². The first-order valence-corrected chi connectivity index (χ1v) is 12.4. The molecule has 2 fully saturated rings. The normalized spacial score (nSPS) is 19.0. The highest BCUT2D eigenvalue weighted by molar-refractivity contribution is 7.89. The number of hydrogen-bond acceptors (Lipinski definition) is 4. The van der Waals surface area contributed by atoms with E-state index in [1.807, 2.05) is 19.1 Å². The van der Waals surface area contributed by atoms with Crippen molar-refractivity contribution < 1.29 is 18.0 Å². The van der Waals surface area contributed by atoms with Gasteiger partial charge in [-0.05, 0) is 75.8 Å². The maximum atomic E-state index is 13.5. The third-order valence-electron chi connectivity index (χ3n) is 6.02. The van der Waals surface area contributed by atoms with E-state index in [-0.39, 0.29) is 22.6 Å². The number of carbonyl (C=O) groups is 2. The van der Waals surface area contributed by atoms with Crippen LogP contribution in [0, 0.1) is 26.7 Å². The number of nitrogens with zero attached hydrogens (tertiary/aromatic N) is 1. The number of aryl methyl sites for hydroxylation is 3. The number of hydrogen-bond donors (Lipinski definition) is 2. The summed E-state index contributed by atoms with van der Waals surface area (Å²) in [7, 11) is -3.81. The van der Waals surface area contributed by atoms with Crippen molar-refractivity contribution in [3.05, 3.63) is 53.1 Å². The van der Waals surface area contributed by atoms with Crippen LogP contribution in [0.4, 0.5) is 11.4 Å². The van der Waals surface area contributed by atoms with Gasteiger partial charge in [-0.2, -0.15) is 4.31 Å². The number of sulfonamides is 1. The van der Waals surface area contributed by atoms with Gasteiger partial charge in [0.1, 0.15) is 6.04 Å². The van der Waals surface area contributed by atoms with Gasteiger partial charge < -0.3 is 10.6 Å². The lowest BCUT2D eigenvalue weighted by atomic mass is 10.1. The number of benzene rings is 2. The van der Waals surface area contributed by atoms with Crippen LogP contribution < -0.4 is 10.6 Å². The second-order valence-corrected chi connectivity index (χ2v) is 10.7. The van der Waals surface area contributed by atoms with Crippen LogP contribution >= 0.6 is 0 Å². The van der Waals surface area contributed by atoms with Gasteiger partial charge in [0, 0.05) is 23.8 Å². The van der Waals surface area contributed by atoms with Crippen LogP contribution in [0.1, 0.15) is 42.4 Å². The topological polar surface area (TPSA) is 95.6 Å². The lowest BCUT2D eigenvalue weighted by Gasteiger charge is -2.25. The summed E-state index contributed by atoms with van der Waals surface area (Å²) in [6, 6.07) is 9.88. The molecule has 4 rings (SSSR count). The van der Waals surface area contributed by atoms with Gasteiger partial charge >= 0.3 is 0 Å². The molecule has 1 atom stereocenters. The predicted molar refractivity (Wildman–Crippen MR) is 124 cm³/mol. The summed E-state index contributed by atoms with van der Waals surface area (Å²) in [4.78, 5) is 25.4. The molecule has 1 aliphatic carbocycles. The fourth-order valence-corrected chi connectivity index (χ4v) is 6.54. The number of nitrogens with one attached hydrogen (secondary N) is 2. The zero-order valence-electron chi connectivity index (χ0n) is 18.6. The fraction of sp³-hybridized carbons (Fsp3) is 0.417. The third-order valence-corrected chi connectivity index (χ3v) is 8.24. The van der Waals surface area contributed by atoms with Crippen molar-refractivity contribution >= 4 is 33.2 Å². The van der Waals surface area contributed by atoms with Crippen LogP contribution in [0.3, 0.4) is 0 Å². The van der Waals surface area contributed by atoms with Crippen LogP contribution in [0.15, 0.2) is 41.3 Å². The Bertz CT molecular complexity index is 1150. The lowest BCUT2D eigenvalue weighted by Crippen LogP contribution is -2.43. The second-order valence-electron chi connectivity index (χ2n) is 8.84. The molecule has 1 unspecified atom stereocenters. The van der Waals surface area contributed by atoms with Crippen LogP contribution in [0.5, 0.6) is 0 Å². The van der Waals surface area contributed by atoms with Crippen LogP contribution in [0.2, 0.25) is 0 Å². The number of amides is 2. The van der Waals surface area contributed by atoms with Crippen molar-refractivity contribution in [3.63, 3.8) is 0 Å². The molecule has 1 heterocycles. The molecule has 32 heavy (non-hydrogen) atoms. The van der Waals surface area contributed by atoms with E-state index in [4.69, 9.17) is 0 Å². The van der Waals surface area contributed by atoms with Crippen molar-refractivity contribution in [2.75, 3.05) is 17.2 Å². The van der Waals surface area contributed by atoms with E-state index < -0.39 is 16.1 Å². The molecule has 2 aromatic rings. The SMILES string of the molecule is Cc1cc(C)c(S(=O)(=O)N2CCCC2C(=O)Nc2cccc(NC(=O)C3CC3)c2)c(C)c1. The monoisotopic (exact) mass is 455 g/mol. The Kier molecular flexibility index (Phi) is 6.09. The summed E-state index contributed by atoms with van der Waals surface area (Å²) in [5.74, 6) is -0.288. The Morgan fingerprint density at radius 2 is 1.50 bits per heavy atom. The summed E-state index contributed by atoms with van der Waals surface area (Å²) in [5.41, 5.74) is 3.51. The molecular weight excluding hydrogens is 426 g/mol. The van der Waals surface area contributed by atoms with Crippen LogP contribution in [0.25, 0.3) is 0 Å². The van der Waals surface area contributed by atoms with Crippen molar-refractivity contribution in [1.29, 1.82) is 0 Å². The van der Waals surface area contributed by atoms with Gasteiger partial charge in [0.25, 0.3) is 0 Å². The van der Waals surface area contributed by atoms with Gasteiger partial charge in [-0.3, -0.25) is 9.59 Å². The molecule has 1 saturated heterocycles. The minimum atomic E-state index is -3.81. The first-order chi connectivity index (χ1) is 15.2. The van der Waals surface area contributed by atoms with Crippen molar-refractivity contribution in [1.82, 2.24) is 4.31 Å². The van der Waals surface area contributed by atoms with Gasteiger partial charge in [-0.25, -0.2) is 8.42 Å². The predicted octanol–water partition coefficient (Wildman–Crippen LogP) is 3.75. The minimum absolute atomic E-state index is 0.00891. The fourth-order valence-electron chi connectivity index (χ4n) is 4.47. The zero-order valence-corrected chi connectivity index (χ0v) is 19.5. The summed E-state index contributed by atoms with van der Waals surface area (Å²) in [5, 5.41) is 5.70. The first kappa shape index (κ1) is 22.5. The average molecular weight is 456 g/mol.